The van der Waals surface area contributed by atoms with Crippen molar-refractivity contribution in [1.29, 1.82) is 0 Å². The van der Waals surface area contributed by atoms with Gasteiger partial charge in [0, 0.05) is 38.8 Å². The van der Waals surface area contributed by atoms with Gasteiger partial charge >= 0.3 is 0 Å². The van der Waals surface area contributed by atoms with Crippen LogP contribution in [-0.4, -0.2) is 46.2 Å². The number of nitrogens with two attached hydrogens (primary N) is 1. The number of likely N-dealkylation sites (tertiary alicyclic amines) is 1. The minimum absolute atomic E-state index is 0. The number of amides is 1. The molecule has 0 bridgehead atoms. The topological polar surface area (TPSA) is 102 Å². The van der Waals surface area contributed by atoms with Crippen molar-refractivity contribution < 1.29 is 9.21 Å². The first kappa shape index (κ1) is 20.3. The van der Waals surface area contributed by atoms with Crippen LogP contribution in [0.5, 0.6) is 0 Å². The molecule has 0 aliphatic carbocycles. The number of nitrogens with zero attached hydrogens (tertiary/aromatic N) is 4. The lowest BCUT2D eigenvalue weighted by molar-refractivity contribution is 0.0972. The largest absolute Gasteiger partial charge is 0.454 e. The van der Waals surface area contributed by atoms with Crippen LogP contribution in [0.1, 0.15) is 41.1 Å². The number of furan rings is 1. The summed E-state index contributed by atoms with van der Waals surface area (Å²) in [6.45, 7) is 5.04. The normalized spacial score (nSPS) is 17.2. The molecule has 0 saturated carbocycles. The molecule has 8 nitrogen and oxygen atoms in total. The average Bonchev–Trinajstić information content (AvgIpc) is 3.31. The van der Waals surface area contributed by atoms with E-state index in [1.54, 1.807) is 12.1 Å². The van der Waals surface area contributed by atoms with Gasteiger partial charge in [0.2, 0.25) is 0 Å². The number of halogens is 1. The fourth-order valence-electron chi connectivity index (χ4n) is 3.05. The number of primary amides is 1. The highest BCUT2D eigenvalue weighted by atomic mass is 127. The zero-order valence-electron chi connectivity index (χ0n) is 15.0. The molecule has 1 unspecified atom stereocenters. The SMILES string of the molecule is CCNC(=NCc1ccc(C(N)=O)o1)N1CCC(c2cnn(C)c2)C1.I. The van der Waals surface area contributed by atoms with Gasteiger partial charge in [0.15, 0.2) is 11.7 Å². The van der Waals surface area contributed by atoms with E-state index in [4.69, 9.17) is 10.2 Å². The van der Waals surface area contributed by atoms with Crippen LogP contribution in [0.2, 0.25) is 0 Å². The summed E-state index contributed by atoms with van der Waals surface area (Å²) in [6.07, 6.45) is 5.08. The zero-order chi connectivity index (χ0) is 17.8. The van der Waals surface area contributed by atoms with Gasteiger partial charge in [-0.05, 0) is 31.0 Å². The third-order valence-corrected chi connectivity index (χ3v) is 4.31. The van der Waals surface area contributed by atoms with Crippen molar-refractivity contribution in [3.8, 4) is 0 Å². The van der Waals surface area contributed by atoms with Crippen molar-refractivity contribution in [3.63, 3.8) is 0 Å². The van der Waals surface area contributed by atoms with Crippen molar-refractivity contribution in [2.75, 3.05) is 19.6 Å². The predicted molar refractivity (Wildman–Crippen MR) is 110 cm³/mol. The van der Waals surface area contributed by atoms with Gasteiger partial charge in [-0.15, -0.1) is 24.0 Å². The molecule has 2 aromatic rings. The van der Waals surface area contributed by atoms with Crippen LogP contribution >= 0.6 is 24.0 Å². The molecule has 142 valence electrons. The summed E-state index contributed by atoms with van der Waals surface area (Å²) < 4.78 is 7.23. The number of aromatic nitrogens is 2. The molecule has 1 aliphatic rings. The highest BCUT2D eigenvalue weighted by Gasteiger charge is 2.26. The van der Waals surface area contributed by atoms with Crippen molar-refractivity contribution >= 4 is 35.8 Å². The van der Waals surface area contributed by atoms with Crippen LogP contribution < -0.4 is 11.1 Å². The lowest BCUT2D eigenvalue weighted by Gasteiger charge is -2.21. The molecule has 2 aromatic heterocycles. The van der Waals surface area contributed by atoms with Crippen LogP contribution in [0.3, 0.4) is 0 Å². The van der Waals surface area contributed by atoms with Crippen LogP contribution in [0.15, 0.2) is 33.9 Å². The van der Waals surface area contributed by atoms with Crippen LogP contribution in [-0.2, 0) is 13.6 Å². The Bertz CT molecular complexity index is 769. The molecular weight excluding hydrogens is 447 g/mol. The molecule has 3 heterocycles. The molecule has 1 atom stereocenters. The summed E-state index contributed by atoms with van der Waals surface area (Å²) in [6, 6.07) is 3.31. The number of aryl methyl sites for hydroxylation is 1. The van der Waals surface area contributed by atoms with Crippen molar-refractivity contribution in [3.05, 3.63) is 41.6 Å². The number of carbonyl (C=O) groups is 1. The molecule has 1 amide bonds. The number of carbonyl (C=O) groups excluding carboxylic acids is 1. The Morgan fingerprint density at radius 3 is 2.92 bits per heavy atom. The summed E-state index contributed by atoms with van der Waals surface area (Å²) in [5, 5.41) is 7.59. The number of hydrogen-bond acceptors (Lipinski definition) is 4. The minimum atomic E-state index is -0.569. The first-order valence-electron chi connectivity index (χ1n) is 8.47. The highest BCUT2D eigenvalue weighted by Crippen LogP contribution is 2.26. The zero-order valence-corrected chi connectivity index (χ0v) is 17.3. The second-order valence-corrected chi connectivity index (χ2v) is 6.18. The van der Waals surface area contributed by atoms with E-state index in [1.807, 2.05) is 24.9 Å². The Kier molecular flexibility index (Phi) is 7.06. The van der Waals surface area contributed by atoms with E-state index in [-0.39, 0.29) is 29.7 Å². The Morgan fingerprint density at radius 2 is 2.31 bits per heavy atom. The molecule has 1 saturated heterocycles. The van der Waals surface area contributed by atoms with Crippen molar-refractivity contribution in [1.82, 2.24) is 20.0 Å². The third kappa shape index (κ3) is 4.77. The number of rotatable bonds is 5. The molecular formula is C17H25IN6O2. The van der Waals surface area contributed by atoms with E-state index in [0.717, 1.165) is 32.0 Å². The predicted octanol–water partition coefficient (Wildman–Crippen LogP) is 1.69. The number of nitrogens with one attached hydrogen (secondary N) is 1. The highest BCUT2D eigenvalue weighted by molar-refractivity contribution is 14.0. The summed E-state index contributed by atoms with van der Waals surface area (Å²) >= 11 is 0. The molecule has 9 heteroatoms. The number of aliphatic imine (C=N–C) groups is 1. The summed E-state index contributed by atoms with van der Waals surface area (Å²) in [4.78, 5) is 18.0. The van der Waals surface area contributed by atoms with Crippen LogP contribution in [0, 0.1) is 0 Å². The second kappa shape index (κ2) is 9.06. The Labute approximate surface area is 169 Å². The third-order valence-electron chi connectivity index (χ3n) is 4.31. The molecule has 0 aromatic carbocycles. The number of guanidine groups is 1. The van der Waals surface area contributed by atoms with Crippen LogP contribution in [0.25, 0.3) is 0 Å². The molecule has 26 heavy (non-hydrogen) atoms. The fourth-order valence-corrected chi connectivity index (χ4v) is 3.05. The number of hydrogen-bond donors (Lipinski definition) is 2. The van der Waals surface area contributed by atoms with E-state index in [9.17, 15) is 4.79 Å². The van der Waals surface area contributed by atoms with Gasteiger partial charge in [-0.25, -0.2) is 4.99 Å². The summed E-state index contributed by atoms with van der Waals surface area (Å²) in [7, 11) is 1.94. The summed E-state index contributed by atoms with van der Waals surface area (Å²) in [5.74, 6) is 1.52. The smallest absolute Gasteiger partial charge is 0.284 e. The van der Waals surface area contributed by atoms with Gasteiger partial charge in [-0.1, -0.05) is 0 Å². The van der Waals surface area contributed by atoms with E-state index in [1.165, 1.54) is 5.56 Å². The Morgan fingerprint density at radius 1 is 1.50 bits per heavy atom. The average molecular weight is 472 g/mol. The molecule has 3 N–H and O–H groups in total. The minimum Gasteiger partial charge on any atom is -0.454 e. The molecule has 0 spiro atoms. The van der Waals surface area contributed by atoms with E-state index >= 15 is 0 Å². The van der Waals surface area contributed by atoms with E-state index in [0.29, 0.717) is 18.2 Å². The lowest BCUT2D eigenvalue weighted by atomic mass is 10.0. The quantitative estimate of drug-likeness (QED) is 0.392. The van der Waals surface area contributed by atoms with Crippen LogP contribution in [0.4, 0.5) is 0 Å². The summed E-state index contributed by atoms with van der Waals surface area (Å²) in [5.41, 5.74) is 6.47. The maximum Gasteiger partial charge on any atom is 0.284 e. The van der Waals surface area contributed by atoms with Crippen molar-refractivity contribution in [2.24, 2.45) is 17.8 Å². The fraction of sp³-hybridized carbons (Fsp3) is 0.471. The Balaban J connectivity index is 0.00000243. The van der Waals surface area contributed by atoms with Gasteiger partial charge in [-0.3, -0.25) is 9.48 Å². The maximum absolute atomic E-state index is 11.1. The monoisotopic (exact) mass is 472 g/mol. The van der Waals surface area contributed by atoms with Gasteiger partial charge in [0.05, 0.1) is 6.20 Å². The lowest BCUT2D eigenvalue weighted by Crippen LogP contribution is -2.39. The molecule has 1 fully saturated rings. The van der Waals surface area contributed by atoms with Crippen molar-refractivity contribution in [2.45, 2.75) is 25.8 Å². The standard InChI is InChI=1S/C17H24N6O2.HI/c1-3-19-17(20-9-14-4-5-15(25-14)16(18)24)23-7-6-12(11-23)13-8-21-22(2)10-13;/h4-5,8,10,12H,3,6-7,9,11H2,1-2H3,(H2,18,24)(H,19,20);1H. The second-order valence-electron chi connectivity index (χ2n) is 6.18. The Hall–Kier alpha value is -2.04. The molecule has 0 radical (unpaired) electrons. The van der Waals surface area contributed by atoms with Gasteiger partial charge in [0.25, 0.3) is 5.91 Å². The first-order valence-corrected chi connectivity index (χ1v) is 8.47. The van der Waals surface area contributed by atoms with E-state index in [2.05, 4.69) is 26.5 Å². The first-order chi connectivity index (χ1) is 12.1. The van der Waals surface area contributed by atoms with Gasteiger partial charge in [0.1, 0.15) is 12.3 Å². The van der Waals surface area contributed by atoms with E-state index < -0.39 is 5.91 Å². The molecule has 3 rings (SSSR count). The van der Waals surface area contributed by atoms with Gasteiger partial charge in [-0.2, -0.15) is 5.10 Å². The maximum atomic E-state index is 11.1. The molecule has 1 aliphatic heterocycles. The van der Waals surface area contributed by atoms with Gasteiger partial charge < -0.3 is 20.4 Å².